The van der Waals surface area contributed by atoms with Crippen LogP contribution in [0.4, 0.5) is 4.39 Å². The van der Waals surface area contributed by atoms with Gasteiger partial charge in [-0.2, -0.15) is 0 Å². The average molecular weight is 476 g/mol. The zero-order chi connectivity index (χ0) is 18.1. The minimum Gasteiger partial charge on any atom is -0.357 e. The van der Waals surface area contributed by atoms with E-state index in [2.05, 4.69) is 36.3 Å². The van der Waals surface area contributed by atoms with Crippen LogP contribution >= 0.6 is 24.0 Å². The lowest BCUT2D eigenvalue weighted by Gasteiger charge is -2.31. The van der Waals surface area contributed by atoms with Crippen LogP contribution in [-0.2, 0) is 6.54 Å². The van der Waals surface area contributed by atoms with Crippen LogP contribution in [0.2, 0.25) is 0 Å². The maximum absolute atomic E-state index is 13.8. The normalized spacial score (nSPS) is 17.5. The molecule has 148 valence electrons. The fourth-order valence-electron chi connectivity index (χ4n) is 3.07. The first kappa shape index (κ1) is 23.1. The van der Waals surface area contributed by atoms with Gasteiger partial charge in [0, 0.05) is 31.2 Å². The second kappa shape index (κ2) is 12.5. The zero-order valence-corrected chi connectivity index (χ0v) is 18.6. The summed E-state index contributed by atoms with van der Waals surface area (Å²) in [5, 5.41) is 6.76. The molecule has 1 aromatic rings. The predicted molar refractivity (Wildman–Crippen MR) is 119 cm³/mol. The van der Waals surface area contributed by atoms with E-state index >= 15 is 0 Å². The Morgan fingerprint density at radius 2 is 1.96 bits per heavy atom. The number of benzene rings is 1. The molecule has 0 amide bonds. The summed E-state index contributed by atoms with van der Waals surface area (Å²) in [6.07, 6.45) is 3.33. The number of likely N-dealkylation sites (tertiary alicyclic amines) is 1. The largest absolute Gasteiger partial charge is 0.357 e. The molecule has 0 aromatic heterocycles. The van der Waals surface area contributed by atoms with Gasteiger partial charge in [-0.25, -0.2) is 4.39 Å². The molecule has 0 aliphatic carbocycles. The number of rotatable bonds is 7. The van der Waals surface area contributed by atoms with Crippen molar-refractivity contribution in [1.29, 1.82) is 0 Å². The Hall–Kier alpha value is -0.890. The zero-order valence-electron chi connectivity index (χ0n) is 16.3. The molecular formula is C20H34FIN4. The molecule has 1 aliphatic rings. The molecule has 4 nitrogen and oxygen atoms in total. The van der Waals surface area contributed by atoms with E-state index in [0.717, 1.165) is 57.0 Å². The van der Waals surface area contributed by atoms with Gasteiger partial charge in [0.15, 0.2) is 5.96 Å². The van der Waals surface area contributed by atoms with Gasteiger partial charge in [0.05, 0.1) is 0 Å². The Morgan fingerprint density at radius 1 is 1.27 bits per heavy atom. The van der Waals surface area contributed by atoms with Crippen LogP contribution in [0, 0.1) is 11.7 Å². The number of aliphatic imine (C=N–C) groups is 1. The van der Waals surface area contributed by atoms with Gasteiger partial charge in [-0.1, -0.05) is 25.1 Å². The molecule has 1 heterocycles. The quantitative estimate of drug-likeness (QED) is 0.355. The second-order valence-corrected chi connectivity index (χ2v) is 6.98. The van der Waals surface area contributed by atoms with Gasteiger partial charge < -0.3 is 10.6 Å². The first-order valence-corrected chi connectivity index (χ1v) is 9.63. The maximum atomic E-state index is 13.8. The van der Waals surface area contributed by atoms with Crippen LogP contribution in [0.15, 0.2) is 29.3 Å². The Balaban J connectivity index is 0.00000338. The Kier molecular flexibility index (Phi) is 11.1. The standard InChI is InChI=1S/C20H33FN4.HI/c1-4-16(3)24-20(22-5-2)23-14-17-10-12-25(13-11-17)15-18-8-6-7-9-19(18)21;/h6-9,16-17H,4-5,10-15H2,1-3H3,(H2,22,23,24);1H. The lowest BCUT2D eigenvalue weighted by Crippen LogP contribution is -2.42. The van der Waals surface area contributed by atoms with Crippen LogP contribution in [-0.4, -0.2) is 43.1 Å². The summed E-state index contributed by atoms with van der Waals surface area (Å²) >= 11 is 0. The van der Waals surface area contributed by atoms with Gasteiger partial charge in [0.25, 0.3) is 0 Å². The first-order valence-electron chi connectivity index (χ1n) is 9.63. The highest BCUT2D eigenvalue weighted by Gasteiger charge is 2.20. The van der Waals surface area contributed by atoms with Crippen molar-refractivity contribution in [2.45, 2.75) is 52.6 Å². The molecule has 2 rings (SSSR count). The van der Waals surface area contributed by atoms with Crippen molar-refractivity contribution in [3.05, 3.63) is 35.6 Å². The molecular weight excluding hydrogens is 442 g/mol. The van der Waals surface area contributed by atoms with Crippen molar-refractivity contribution in [1.82, 2.24) is 15.5 Å². The number of guanidine groups is 1. The molecule has 1 aromatic carbocycles. The number of piperidine rings is 1. The molecule has 0 bridgehead atoms. The summed E-state index contributed by atoms with van der Waals surface area (Å²) in [4.78, 5) is 7.11. The van der Waals surface area contributed by atoms with Crippen LogP contribution in [0.1, 0.15) is 45.6 Å². The predicted octanol–water partition coefficient (Wildman–Crippen LogP) is 4.01. The van der Waals surface area contributed by atoms with E-state index in [-0.39, 0.29) is 29.8 Å². The van der Waals surface area contributed by atoms with Crippen molar-refractivity contribution >= 4 is 29.9 Å². The third-order valence-corrected chi connectivity index (χ3v) is 4.91. The summed E-state index contributed by atoms with van der Waals surface area (Å²) in [5.74, 6) is 1.44. The molecule has 1 fully saturated rings. The van der Waals surface area contributed by atoms with Crippen molar-refractivity contribution in [2.75, 3.05) is 26.2 Å². The topological polar surface area (TPSA) is 39.7 Å². The summed E-state index contributed by atoms with van der Waals surface area (Å²) in [7, 11) is 0. The van der Waals surface area contributed by atoms with Crippen LogP contribution in [0.3, 0.4) is 0 Å². The highest BCUT2D eigenvalue weighted by Crippen LogP contribution is 2.20. The van der Waals surface area contributed by atoms with Gasteiger partial charge in [-0.05, 0) is 58.2 Å². The van der Waals surface area contributed by atoms with Crippen molar-refractivity contribution in [3.63, 3.8) is 0 Å². The molecule has 0 spiro atoms. The summed E-state index contributed by atoms with van der Waals surface area (Å²) in [6, 6.07) is 7.52. The summed E-state index contributed by atoms with van der Waals surface area (Å²) in [5.41, 5.74) is 0.797. The third-order valence-electron chi connectivity index (χ3n) is 4.91. The van der Waals surface area contributed by atoms with Crippen molar-refractivity contribution in [2.24, 2.45) is 10.9 Å². The molecule has 2 N–H and O–H groups in total. The van der Waals surface area contributed by atoms with Crippen molar-refractivity contribution in [3.8, 4) is 0 Å². The molecule has 1 atom stereocenters. The van der Waals surface area contributed by atoms with E-state index in [1.807, 2.05) is 12.1 Å². The molecule has 0 saturated carbocycles. The number of hydrogen-bond acceptors (Lipinski definition) is 2. The fourth-order valence-corrected chi connectivity index (χ4v) is 3.07. The lowest BCUT2D eigenvalue weighted by molar-refractivity contribution is 0.179. The minimum absolute atomic E-state index is 0. The molecule has 6 heteroatoms. The number of hydrogen-bond donors (Lipinski definition) is 2. The van der Waals surface area contributed by atoms with E-state index in [1.54, 1.807) is 12.1 Å². The first-order chi connectivity index (χ1) is 12.1. The smallest absolute Gasteiger partial charge is 0.191 e. The van der Waals surface area contributed by atoms with Crippen LogP contribution in [0.25, 0.3) is 0 Å². The second-order valence-electron chi connectivity index (χ2n) is 6.98. The average Bonchev–Trinajstić information content (AvgIpc) is 2.63. The number of halogens is 2. The molecule has 1 saturated heterocycles. The minimum atomic E-state index is -0.0966. The molecule has 0 radical (unpaired) electrons. The summed E-state index contributed by atoms with van der Waals surface area (Å²) < 4.78 is 13.8. The van der Waals surface area contributed by atoms with Gasteiger partial charge >= 0.3 is 0 Å². The summed E-state index contributed by atoms with van der Waals surface area (Å²) in [6.45, 7) is 10.9. The highest BCUT2D eigenvalue weighted by atomic mass is 127. The van der Waals surface area contributed by atoms with E-state index in [1.165, 1.54) is 0 Å². The lowest BCUT2D eigenvalue weighted by atomic mass is 9.96. The Bertz CT molecular complexity index is 544. The van der Waals surface area contributed by atoms with Gasteiger partial charge in [0.2, 0.25) is 0 Å². The van der Waals surface area contributed by atoms with E-state index < -0.39 is 0 Å². The van der Waals surface area contributed by atoms with Gasteiger partial charge in [-0.15, -0.1) is 24.0 Å². The third kappa shape index (κ3) is 7.78. The SMILES string of the molecule is CCNC(=NCC1CCN(Cc2ccccc2F)CC1)NC(C)CC.I. The highest BCUT2D eigenvalue weighted by molar-refractivity contribution is 14.0. The van der Waals surface area contributed by atoms with Crippen LogP contribution < -0.4 is 10.6 Å². The van der Waals surface area contributed by atoms with Gasteiger partial charge in [0.1, 0.15) is 5.82 Å². The van der Waals surface area contributed by atoms with E-state index in [4.69, 9.17) is 4.99 Å². The van der Waals surface area contributed by atoms with Gasteiger partial charge in [-0.3, -0.25) is 9.89 Å². The monoisotopic (exact) mass is 476 g/mol. The molecule has 26 heavy (non-hydrogen) atoms. The Morgan fingerprint density at radius 3 is 2.58 bits per heavy atom. The number of nitrogens with one attached hydrogen (secondary N) is 2. The maximum Gasteiger partial charge on any atom is 0.191 e. The van der Waals surface area contributed by atoms with E-state index in [0.29, 0.717) is 18.5 Å². The van der Waals surface area contributed by atoms with Crippen LogP contribution in [0.5, 0.6) is 0 Å². The number of nitrogens with zero attached hydrogens (tertiary/aromatic N) is 2. The van der Waals surface area contributed by atoms with E-state index in [9.17, 15) is 4.39 Å². The fraction of sp³-hybridized carbons (Fsp3) is 0.650. The van der Waals surface area contributed by atoms with Crippen molar-refractivity contribution < 1.29 is 4.39 Å². The molecule has 1 unspecified atom stereocenters. The molecule has 1 aliphatic heterocycles. The Labute approximate surface area is 175 Å².